The molecule has 0 spiro atoms. The SMILES string of the molecule is [BH3-]C(=O)O. The third kappa shape index (κ3) is 2.03. The number of rotatable bonds is 0. The average molecular weight is 58.9 g/mol. The normalized spacial score (nSPS) is 6.25. The van der Waals surface area contributed by atoms with Gasteiger partial charge < -0.3 is 9.90 Å². The minimum absolute atomic E-state index is 0.389. The monoisotopic (exact) mass is 59.0 g/mol. The lowest BCUT2D eigenvalue weighted by Gasteiger charge is -1.68. The summed E-state index contributed by atoms with van der Waals surface area (Å²) < 4.78 is 0. The van der Waals surface area contributed by atoms with Gasteiger partial charge in [-0.25, -0.2) is 0 Å². The first-order valence-corrected chi connectivity index (χ1v) is 0.428. The van der Waals surface area contributed by atoms with E-state index in [4.69, 9.17) is 9.90 Å². The van der Waals surface area contributed by atoms with E-state index in [2.05, 4.69) is 0 Å². The second-order valence-corrected chi connectivity index (χ2v) is 0.0913. The summed E-state index contributed by atoms with van der Waals surface area (Å²) in [6.07, 6.45) is 0. The lowest BCUT2D eigenvalue weighted by atomic mass is 10.2. The summed E-state index contributed by atoms with van der Waals surface area (Å²) in [7, 11) is -0.389. The van der Waals surface area contributed by atoms with Gasteiger partial charge in [0.1, 0.15) is 5.87 Å². The first-order valence-electron chi connectivity index (χ1n) is 0.428. The van der Waals surface area contributed by atoms with Crippen LogP contribution in [0.4, 0.5) is 4.79 Å². The van der Waals surface area contributed by atoms with E-state index in [1.165, 1.54) is 0 Å². The maximum Gasteiger partial charge on any atom is 0.109 e. The Kier molecular flexibility index (Phi) is 0.821. The summed E-state index contributed by atoms with van der Waals surface area (Å²) in [6.45, 7) is 0. The van der Waals surface area contributed by atoms with Crippen LogP contribution in [-0.4, -0.2) is 18.8 Å². The van der Waals surface area contributed by atoms with Crippen molar-refractivity contribution >= 4 is 13.7 Å². The van der Waals surface area contributed by atoms with Gasteiger partial charge in [0, 0.05) is 0 Å². The Bertz CT molecular complexity index is 29.0. The lowest BCUT2D eigenvalue weighted by Crippen LogP contribution is -1.83. The molecule has 0 atom stereocenters. The lowest BCUT2D eigenvalue weighted by molar-refractivity contribution is 0.220. The van der Waals surface area contributed by atoms with Crippen LogP contribution in [0.3, 0.4) is 0 Å². The van der Waals surface area contributed by atoms with E-state index in [9.17, 15) is 0 Å². The molecule has 0 aliphatic heterocycles. The predicted molar refractivity (Wildman–Crippen MR) is 18.0 cm³/mol. The van der Waals surface area contributed by atoms with Gasteiger partial charge in [0.2, 0.25) is 0 Å². The van der Waals surface area contributed by atoms with Gasteiger partial charge in [-0.05, 0) is 0 Å². The summed E-state index contributed by atoms with van der Waals surface area (Å²) >= 11 is 0. The van der Waals surface area contributed by atoms with Crippen molar-refractivity contribution in [1.29, 1.82) is 0 Å². The molecular weight excluding hydrogens is 54.8 g/mol. The van der Waals surface area contributed by atoms with Crippen LogP contribution in [0.1, 0.15) is 0 Å². The van der Waals surface area contributed by atoms with Crippen molar-refractivity contribution < 1.29 is 9.90 Å². The molecule has 24 valence electrons. The average Bonchev–Trinajstić information content (AvgIpc) is 0.811. The zero-order valence-corrected chi connectivity index (χ0v) is 1.36. The van der Waals surface area contributed by atoms with Gasteiger partial charge in [-0.1, -0.05) is 0 Å². The molecule has 4 heavy (non-hydrogen) atoms. The second kappa shape index (κ2) is 0.929. The van der Waals surface area contributed by atoms with Crippen molar-refractivity contribution in [3.63, 3.8) is 0 Å². The summed E-state index contributed by atoms with van der Waals surface area (Å²) in [5.41, 5.74) is 0. The second-order valence-electron chi connectivity index (χ2n) is 0.0913. The fourth-order valence-corrected chi connectivity index (χ4v) is 0. The van der Waals surface area contributed by atoms with Crippen molar-refractivity contribution in [3.8, 4) is 0 Å². The molecule has 1 N–H and O–H groups in total. The van der Waals surface area contributed by atoms with Crippen LogP contribution >= 0.6 is 0 Å². The molecule has 0 saturated carbocycles. The van der Waals surface area contributed by atoms with E-state index in [-0.39, 0.29) is 7.85 Å². The van der Waals surface area contributed by atoms with Crippen LogP contribution in [0.15, 0.2) is 0 Å². The fourth-order valence-electron chi connectivity index (χ4n) is 0. The zero-order valence-electron chi connectivity index (χ0n) is 1.36. The summed E-state index contributed by atoms with van der Waals surface area (Å²) in [5.74, 6) is -0.583. The zero-order chi connectivity index (χ0) is 3.58. The van der Waals surface area contributed by atoms with Gasteiger partial charge in [-0.2, -0.15) is 0 Å². The molecule has 3 heteroatoms. The van der Waals surface area contributed by atoms with E-state index in [1.54, 1.807) is 0 Å². The molecule has 0 radical (unpaired) electrons. The van der Waals surface area contributed by atoms with Crippen molar-refractivity contribution in [2.75, 3.05) is 0 Å². The molecule has 0 aromatic heterocycles. The first-order chi connectivity index (χ1) is 1.73. The van der Waals surface area contributed by atoms with Crippen molar-refractivity contribution in [1.82, 2.24) is 0 Å². The number of hydrogen-bond donors (Lipinski definition) is 1. The molecule has 0 amide bonds. The van der Waals surface area contributed by atoms with Crippen molar-refractivity contribution in [3.05, 3.63) is 0 Å². The van der Waals surface area contributed by atoms with Crippen molar-refractivity contribution in [2.45, 2.75) is 0 Å². The molecule has 0 aromatic carbocycles. The minimum atomic E-state index is -0.583. The highest BCUT2D eigenvalue weighted by atomic mass is 16.4. The van der Waals surface area contributed by atoms with E-state index in [0.29, 0.717) is 0 Å². The molecule has 0 aromatic rings. The Morgan fingerprint density at radius 3 is 2.00 bits per heavy atom. The molecule has 2 nitrogen and oxygen atoms in total. The van der Waals surface area contributed by atoms with E-state index in [0.717, 1.165) is 0 Å². The largest absolute Gasteiger partial charge is 0.516 e. The third-order valence-electron chi connectivity index (χ3n) is 0. The van der Waals surface area contributed by atoms with E-state index < -0.39 is 5.87 Å². The third-order valence-corrected chi connectivity index (χ3v) is 0. The van der Waals surface area contributed by atoms with Gasteiger partial charge in [0.15, 0.2) is 0 Å². The Morgan fingerprint density at radius 1 is 2.00 bits per heavy atom. The van der Waals surface area contributed by atoms with Gasteiger partial charge in [0.05, 0.1) is 7.85 Å². The van der Waals surface area contributed by atoms with Crippen LogP contribution in [0.25, 0.3) is 0 Å². The maximum absolute atomic E-state index is 9.11. The Morgan fingerprint density at radius 2 is 2.00 bits per heavy atom. The predicted octanol–water partition coefficient (Wildman–Crippen LogP) is -0.970. The van der Waals surface area contributed by atoms with Crippen LogP contribution in [0, 0.1) is 0 Å². The highest BCUT2D eigenvalue weighted by molar-refractivity contribution is 6.54. The standard InChI is InChI=1S/CH4BO2/c2-1(3)4/h2H3,(H,3,4)/q-1. The van der Waals surface area contributed by atoms with E-state index in [1.807, 2.05) is 0 Å². The molecule has 0 saturated heterocycles. The first kappa shape index (κ1) is 3.53. The topological polar surface area (TPSA) is 37.3 Å². The molecule has 0 heterocycles. The van der Waals surface area contributed by atoms with Crippen LogP contribution in [0.2, 0.25) is 0 Å². The number of carboxylic acid groups (broad SMARTS) is 1. The summed E-state index contributed by atoms with van der Waals surface area (Å²) in [4.78, 5) is 9.11. The Hall–Kier alpha value is -0.465. The molecule has 0 bridgehead atoms. The molecule has 0 unspecified atom stereocenters. The number of carbonyl (C=O) groups is 1. The molecule has 0 aliphatic rings. The molecule has 0 rings (SSSR count). The minimum Gasteiger partial charge on any atom is -0.516 e. The smallest absolute Gasteiger partial charge is 0.109 e. The molecule has 0 aliphatic carbocycles. The Balaban J connectivity index is 2.80. The van der Waals surface area contributed by atoms with Crippen LogP contribution < -0.4 is 0 Å². The highest BCUT2D eigenvalue weighted by Crippen LogP contribution is 1.41. The van der Waals surface area contributed by atoms with Gasteiger partial charge in [0.25, 0.3) is 0 Å². The highest BCUT2D eigenvalue weighted by Gasteiger charge is 1.55. The Labute approximate surface area is 24.8 Å². The van der Waals surface area contributed by atoms with Gasteiger partial charge >= 0.3 is 0 Å². The number of hydrogen-bond acceptors (Lipinski definition) is 1. The molecular formula is CH4BO2-. The fraction of sp³-hybridized carbons (Fsp3) is 0. The summed E-state index contributed by atoms with van der Waals surface area (Å²) in [5, 5.41) is 7.53. The van der Waals surface area contributed by atoms with Crippen molar-refractivity contribution in [2.24, 2.45) is 0 Å². The van der Waals surface area contributed by atoms with Crippen LogP contribution in [0.5, 0.6) is 0 Å². The quantitative estimate of drug-likeness (QED) is 0.364. The maximum atomic E-state index is 9.11. The molecule has 0 fully saturated rings. The van der Waals surface area contributed by atoms with E-state index >= 15 is 0 Å². The van der Waals surface area contributed by atoms with Gasteiger partial charge in [-0.3, -0.25) is 0 Å². The summed E-state index contributed by atoms with van der Waals surface area (Å²) in [6, 6.07) is 0. The van der Waals surface area contributed by atoms with Crippen LogP contribution in [-0.2, 0) is 0 Å². The van der Waals surface area contributed by atoms with Gasteiger partial charge in [-0.15, -0.1) is 0 Å².